The van der Waals surface area contributed by atoms with Gasteiger partial charge in [0.25, 0.3) is 0 Å². The fraction of sp³-hybridized carbons (Fsp3) is 0.438. The Balaban J connectivity index is 1.62. The van der Waals surface area contributed by atoms with Crippen LogP contribution in [0.2, 0.25) is 0 Å². The second-order valence-electron chi connectivity index (χ2n) is 6.34. The summed E-state index contributed by atoms with van der Waals surface area (Å²) >= 11 is 0. The molecule has 0 saturated heterocycles. The number of primary amides is 1. The van der Waals surface area contributed by atoms with Crippen LogP contribution in [0.25, 0.3) is 16.8 Å². The first kappa shape index (κ1) is 14.6. The number of carbonyl (C=O) groups is 1. The van der Waals surface area contributed by atoms with E-state index in [1.165, 1.54) is 0 Å². The number of amides is 1. The van der Waals surface area contributed by atoms with Crippen LogP contribution in [-0.2, 0) is 4.79 Å². The molecule has 1 unspecified atom stereocenters. The largest absolute Gasteiger partial charge is 0.369 e. The molecule has 3 aromatic rings. The molecule has 1 fully saturated rings. The summed E-state index contributed by atoms with van der Waals surface area (Å²) < 4.78 is 2.04. The van der Waals surface area contributed by atoms with E-state index in [1.54, 1.807) is 6.20 Å². The van der Waals surface area contributed by atoms with Crippen molar-refractivity contribution in [1.82, 2.24) is 24.6 Å². The minimum absolute atomic E-state index is 0.0388. The Morgan fingerprint density at radius 3 is 2.88 bits per heavy atom. The molecule has 1 amide bonds. The summed E-state index contributed by atoms with van der Waals surface area (Å²) in [6.07, 6.45) is 6.88. The van der Waals surface area contributed by atoms with Gasteiger partial charge in [-0.05, 0) is 37.7 Å². The average molecular weight is 323 g/mol. The smallest absolute Gasteiger partial charge is 0.235 e. The molecule has 3 heterocycles. The minimum Gasteiger partial charge on any atom is -0.369 e. The Morgan fingerprint density at radius 2 is 2.17 bits per heavy atom. The number of hydrogen-bond donors (Lipinski definition) is 2. The van der Waals surface area contributed by atoms with Crippen LogP contribution in [0.5, 0.6) is 0 Å². The van der Waals surface area contributed by atoms with Crippen molar-refractivity contribution in [3.8, 4) is 6.07 Å². The van der Waals surface area contributed by atoms with Crippen molar-refractivity contribution in [1.29, 1.82) is 5.26 Å². The van der Waals surface area contributed by atoms with Crippen LogP contribution in [0.4, 0.5) is 0 Å². The highest BCUT2D eigenvalue weighted by Crippen LogP contribution is 2.38. The van der Waals surface area contributed by atoms with Crippen LogP contribution in [0.15, 0.2) is 18.5 Å². The molecule has 0 radical (unpaired) electrons. The quantitative estimate of drug-likeness (QED) is 0.755. The van der Waals surface area contributed by atoms with Crippen LogP contribution in [0.3, 0.4) is 0 Å². The summed E-state index contributed by atoms with van der Waals surface area (Å²) in [6.45, 7) is 0. The third-order valence-corrected chi connectivity index (χ3v) is 5.02. The highest BCUT2D eigenvalue weighted by Gasteiger charge is 2.33. The maximum atomic E-state index is 11.4. The lowest BCUT2D eigenvalue weighted by Crippen LogP contribution is -2.31. The molecule has 0 spiro atoms. The molecule has 1 aliphatic carbocycles. The molecule has 3 aromatic heterocycles. The molecule has 24 heavy (non-hydrogen) atoms. The van der Waals surface area contributed by atoms with Crippen LogP contribution in [0.1, 0.15) is 37.4 Å². The number of nitriles is 1. The Bertz CT molecular complexity index is 942. The number of aromatic amines is 1. The summed E-state index contributed by atoms with van der Waals surface area (Å²) in [5, 5.41) is 17.8. The summed E-state index contributed by atoms with van der Waals surface area (Å²) in [4.78, 5) is 18.8. The van der Waals surface area contributed by atoms with Gasteiger partial charge in [-0.15, -0.1) is 10.2 Å². The summed E-state index contributed by atoms with van der Waals surface area (Å²) in [5.41, 5.74) is 7.82. The van der Waals surface area contributed by atoms with Crippen molar-refractivity contribution < 1.29 is 4.79 Å². The predicted octanol–water partition coefficient (Wildman–Crippen LogP) is 1.50. The fourth-order valence-electron chi connectivity index (χ4n) is 3.77. The van der Waals surface area contributed by atoms with Gasteiger partial charge in [0.1, 0.15) is 11.7 Å². The normalized spacial score (nSPS) is 22.5. The molecule has 8 nitrogen and oxygen atoms in total. The van der Waals surface area contributed by atoms with E-state index >= 15 is 0 Å². The predicted molar refractivity (Wildman–Crippen MR) is 85.6 cm³/mol. The van der Waals surface area contributed by atoms with Gasteiger partial charge in [0, 0.05) is 12.1 Å². The van der Waals surface area contributed by atoms with Crippen molar-refractivity contribution in [2.45, 2.75) is 31.6 Å². The zero-order valence-electron chi connectivity index (χ0n) is 13.0. The molecule has 0 aliphatic heterocycles. The average Bonchev–Trinajstić information content (AvgIpc) is 3.21. The monoisotopic (exact) mass is 323 g/mol. The van der Waals surface area contributed by atoms with E-state index in [2.05, 4.69) is 26.2 Å². The number of carbonyl (C=O) groups excluding carboxylic acids is 1. The number of aromatic nitrogens is 5. The maximum absolute atomic E-state index is 11.4. The van der Waals surface area contributed by atoms with Crippen LogP contribution in [0, 0.1) is 23.2 Å². The van der Waals surface area contributed by atoms with Gasteiger partial charge in [-0.3, -0.25) is 9.20 Å². The van der Waals surface area contributed by atoms with Crippen LogP contribution >= 0.6 is 0 Å². The van der Waals surface area contributed by atoms with Gasteiger partial charge in [-0.25, -0.2) is 4.98 Å². The first-order chi connectivity index (χ1) is 11.7. The summed E-state index contributed by atoms with van der Waals surface area (Å²) in [6, 6.07) is 4.02. The fourth-order valence-corrected chi connectivity index (χ4v) is 3.77. The minimum atomic E-state index is -0.693. The SMILES string of the molecule is N#CC(C(N)=O)C1CCC(c2nnc3cnc4[nH]ccc4n23)CC1. The van der Waals surface area contributed by atoms with E-state index in [1.807, 2.05) is 16.7 Å². The van der Waals surface area contributed by atoms with Crippen molar-refractivity contribution >= 4 is 22.7 Å². The molecule has 122 valence electrons. The lowest BCUT2D eigenvalue weighted by Gasteiger charge is -2.29. The van der Waals surface area contributed by atoms with E-state index in [4.69, 9.17) is 11.0 Å². The number of H-pyrrole nitrogens is 1. The maximum Gasteiger partial charge on any atom is 0.235 e. The van der Waals surface area contributed by atoms with Gasteiger partial charge >= 0.3 is 0 Å². The standard InChI is InChI=1S/C16H17N7O/c17-7-11(14(18)24)9-1-3-10(4-2-9)16-22-21-13-8-20-15-12(23(13)16)5-6-19-15/h5-6,8-11,19H,1-4H2,(H2,18,24). The zero-order valence-corrected chi connectivity index (χ0v) is 13.0. The summed E-state index contributed by atoms with van der Waals surface area (Å²) in [7, 11) is 0. The highest BCUT2D eigenvalue weighted by molar-refractivity contribution is 5.79. The molecule has 0 aromatic carbocycles. The van der Waals surface area contributed by atoms with E-state index in [0.29, 0.717) is 0 Å². The number of hydrogen-bond acceptors (Lipinski definition) is 5. The topological polar surface area (TPSA) is 126 Å². The van der Waals surface area contributed by atoms with Crippen LogP contribution in [-0.4, -0.2) is 30.5 Å². The number of nitrogens with zero attached hydrogens (tertiary/aromatic N) is 5. The molecule has 4 rings (SSSR count). The van der Waals surface area contributed by atoms with Gasteiger partial charge in [0.2, 0.25) is 5.91 Å². The van der Waals surface area contributed by atoms with Crippen LogP contribution < -0.4 is 5.73 Å². The van der Waals surface area contributed by atoms with E-state index in [-0.39, 0.29) is 11.8 Å². The van der Waals surface area contributed by atoms with Crippen molar-refractivity contribution in [2.24, 2.45) is 17.6 Å². The Hall–Kier alpha value is -2.95. The zero-order chi connectivity index (χ0) is 16.7. The molecular formula is C16H17N7O. The molecule has 8 heteroatoms. The van der Waals surface area contributed by atoms with E-state index < -0.39 is 11.8 Å². The second kappa shape index (κ2) is 5.60. The van der Waals surface area contributed by atoms with Gasteiger partial charge in [-0.1, -0.05) is 0 Å². The van der Waals surface area contributed by atoms with E-state index in [0.717, 1.165) is 48.3 Å². The Morgan fingerprint density at radius 1 is 1.38 bits per heavy atom. The molecule has 1 atom stereocenters. The van der Waals surface area contributed by atoms with Crippen molar-refractivity contribution in [3.05, 3.63) is 24.3 Å². The number of fused-ring (bicyclic) bond motifs is 3. The Kier molecular flexibility index (Phi) is 3.41. The lowest BCUT2D eigenvalue weighted by atomic mass is 9.75. The molecule has 0 bridgehead atoms. The van der Waals surface area contributed by atoms with Gasteiger partial charge < -0.3 is 10.7 Å². The first-order valence-corrected chi connectivity index (χ1v) is 8.05. The molecule has 1 saturated carbocycles. The molecule has 3 N–H and O–H groups in total. The third-order valence-electron chi connectivity index (χ3n) is 5.02. The van der Waals surface area contributed by atoms with Gasteiger partial charge in [0.15, 0.2) is 11.3 Å². The Labute approximate surface area is 137 Å². The third kappa shape index (κ3) is 2.21. The first-order valence-electron chi connectivity index (χ1n) is 8.05. The summed E-state index contributed by atoms with van der Waals surface area (Å²) in [5.74, 6) is -0.000427. The number of nitrogens with one attached hydrogen (secondary N) is 1. The van der Waals surface area contributed by atoms with E-state index in [9.17, 15) is 4.79 Å². The number of rotatable bonds is 3. The van der Waals surface area contributed by atoms with Crippen molar-refractivity contribution in [3.63, 3.8) is 0 Å². The highest BCUT2D eigenvalue weighted by atomic mass is 16.1. The lowest BCUT2D eigenvalue weighted by molar-refractivity contribution is -0.121. The molecular weight excluding hydrogens is 306 g/mol. The second-order valence-corrected chi connectivity index (χ2v) is 6.34. The van der Waals surface area contributed by atoms with Crippen molar-refractivity contribution in [2.75, 3.05) is 0 Å². The number of nitrogens with two attached hydrogens (primary N) is 1. The van der Waals surface area contributed by atoms with Gasteiger partial charge in [-0.2, -0.15) is 5.26 Å². The van der Waals surface area contributed by atoms with Gasteiger partial charge in [0.05, 0.1) is 17.8 Å². The molecule has 1 aliphatic rings.